The van der Waals surface area contributed by atoms with Crippen molar-refractivity contribution in [3.63, 3.8) is 0 Å². The first-order valence-corrected chi connectivity index (χ1v) is 9.86. The van der Waals surface area contributed by atoms with Gasteiger partial charge in [0.1, 0.15) is 0 Å². The number of aromatic amines is 1. The highest BCUT2D eigenvalue weighted by molar-refractivity contribution is 7.99. The van der Waals surface area contributed by atoms with Gasteiger partial charge in [-0.05, 0) is 35.9 Å². The Bertz CT molecular complexity index is 786. The first-order valence-electron chi connectivity index (χ1n) is 6.77. The lowest BCUT2D eigenvalue weighted by Crippen LogP contribution is -2.14. The molecule has 0 saturated carbocycles. The average molecular weight is 363 g/mol. The SMILES string of the molecule is CSc1cccc(NC(=O)CSc2n[nH]c(-c3cccs3)n2)c1. The molecule has 1 aromatic carbocycles. The number of anilines is 1. The molecule has 3 aromatic rings. The molecule has 23 heavy (non-hydrogen) atoms. The summed E-state index contributed by atoms with van der Waals surface area (Å²) in [5, 5.41) is 12.5. The smallest absolute Gasteiger partial charge is 0.234 e. The Morgan fingerprint density at radius 1 is 1.35 bits per heavy atom. The summed E-state index contributed by atoms with van der Waals surface area (Å²) in [6.45, 7) is 0. The number of benzene rings is 1. The molecular weight excluding hydrogens is 348 g/mol. The maximum Gasteiger partial charge on any atom is 0.234 e. The number of hydrogen-bond acceptors (Lipinski definition) is 6. The number of nitrogens with one attached hydrogen (secondary N) is 2. The second-order valence-corrected chi connectivity index (χ2v) is 7.28. The van der Waals surface area contributed by atoms with Crippen molar-refractivity contribution in [2.24, 2.45) is 0 Å². The fourth-order valence-corrected chi connectivity index (χ4v) is 3.58. The number of hydrogen-bond donors (Lipinski definition) is 2. The van der Waals surface area contributed by atoms with E-state index in [9.17, 15) is 4.79 Å². The quantitative estimate of drug-likeness (QED) is 0.649. The topological polar surface area (TPSA) is 70.7 Å². The Kier molecular flexibility index (Phi) is 5.37. The van der Waals surface area contributed by atoms with E-state index in [0.717, 1.165) is 21.3 Å². The normalized spacial score (nSPS) is 10.7. The minimum absolute atomic E-state index is 0.0734. The third-order valence-electron chi connectivity index (χ3n) is 2.91. The van der Waals surface area contributed by atoms with Crippen molar-refractivity contribution in [1.29, 1.82) is 0 Å². The lowest BCUT2D eigenvalue weighted by atomic mass is 10.3. The molecule has 0 aliphatic heterocycles. The van der Waals surface area contributed by atoms with Crippen LogP contribution >= 0.6 is 34.9 Å². The van der Waals surface area contributed by atoms with Crippen LogP contribution < -0.4 is 5.32 Å². The molecule has 2 N–H and O–H groups in total. The second kappa shape index (κ2) is 7.67. The van der Waals surface area contributed by atoms with Crippen LogP contribution in [0, 0.1) is 0 Å². The number of rotatable bonds is 6. The fraction of sp³-hybridized carbons (Fsp3) is 0.133. The Labute approximate surface area is 146 Å². The van der Waals surface area contributed by atoms with Crippen molar-refractivity contribution < 1.29 is 4.79 Å². The van der Waals surface area contributed by atoms with Crippen LogP contribution in [0.25, 0.3) is 10.7 Å². The number of carbonyl (C=O) groups is 1. The molecule has 2 aromatic heterocycles. The zero-order valence-corrected chi connectivity index (χ0v) is 14.7. The molecule has 8 heteroatoms. The molecule has 0 atom stereocenters. The maximum atomic E-state index is 12.0. The third kappa shape index (κ3) is 4.37. The van der Waals surface area contributed by atoms with E-state index >= 15 is 0 Å². The summed E-state index contributed by atoms with van der Waals surface area (Å²) in [6.07, 6.45) is 2.01. The number of carbonyl (C=O) groups excluding carboxylic acids is 1. The summed E-state index contributed by atoms with van der Waals surface area (Å²) in [5.74, 6) is 0.928. The van der Waals surface area contributed by atoms with Gasteiger partial charge in [-0.15, -0.1) is 28.2 Å². The molecule has 0 unspecified atom stereocenters. The number of amides is 1. The lowest BCUT2D eigenvalue weighted by Gasteiger charge is -2.05. The predicted molar refractivity (Wildman–Crippen MR) is 97.3 cm³/mol. The highest BCUT2D eigenvalue weighted by atomic mass is 32.2. The highest BCUT2D eigenvalue weighted by Crippen LogP contribution is 2.23. The Balaban J connectivity index is 1.54. The summed E-state index contributed by atoms with van der Waals surface area (Å²) >= 11 is 4.55. The molecule has 5 nitrogen and oxygen atoms in total. The van der Waals surface area contributed by atoms with Gasteiger partial charge in [-0.3, -0.25) is 9.89 Å². The van der Waals surface area contributed by atoms with Gasteiger partial charge in [0.25, 0.3) is 0 Å². The van der Waals surface area contributed by atoms with Crippen LogP contribution in [0.3, 0.4) is 0 Å². The molecule has 0 spiro atoms. The van der Waals surface area contributed by atoms with E-state index in [1.165, 1.54) is 11.8 Å². The van der Waals surface area contributed by atoms with Gasteiger partial charge in [-0.25, -0.2) is 4.98 Å². The van der Waals surface area contributed by atoms with E-state index in [2.05, 4.69) is 20.5 Å². The van der Waals surface area contributed by atoms with Crippen LogP contribution in [-0.4, -0.2) is 33.1 Å². The van der Waals surface area contributed by atoms with E-state index in [1.807, 2.05) is 48.0 Å². The van der Waals surface area contributed by atoms with Gasteiger partial charge >= 0.3 is 0 Å². The standard InChI is InChI=1S/C15H14N4OS3/c1-21-11-5-2-4-10(8-11)16-13(20)9-23-15-17-14(18-19-15)12-6-3-7-22-12/h2-8H,9H2,1H3,(H,16,20)(H,17,18,19). The van der Waals surface area contributed by atoms with Crippen LogP contribution in [-0.2, 0) is 4.79 Å². The molecular formula is C15H14N4OS3. The number of nitrogens with zero attached hydrogens (tertiary/aromatic N) is 2. The van der Waals surface area contributed by atoms with Crippen molar-refractivity contribution >= 4 is 46.5 Å². The van der Waals surface area contributed by atoms with Gasteiger partial charge in [-0.1, -0.05) is 23.9 Å². The van der Waals surface area contributed by atoms with Crippen LogP contribution in [0.15, 0.2) is 51.8 Å². The van der Waals surface area contributed by atoms with E-state index < -0.39 is 0 Å². The van der Waals surface area contributed by atoms with E-state index in [4.69, 9.17) is 0 Å². The van der Waals surface area contributed by atoms with Crippen LogP contribution in [0.2, 0.25) is 0 Å². The second-order valence-electron chi connectivity index (χ2n) is 4.51. The Morgan fingerprint density at radius 2 is 2.26 bits per heavy atom. The Hall–Kier alpha value is -1.77. The minimum Gasteiger partial charge on any atom is -0.325 e. The van der Waals surface area contributed by atoms with Crippen molar-refractivity contribution in [2.75, 3.05) is 17.3 Å². The molecule has 0 bridgehead atoms. The van der Waals surface area contributed by atoms with E-state index in [-0.39, 0.29) is 11.7 Å². The van der Waals surface area contributed by atoms with Crippen molar-refractivity contribution in [3.05, 3.63) is 41.8 Å². The van der Waals surface area contributed by atoms with Gasteiger partial charge in [0.2, 0.25) is 11.1 Å². The van der Waals surface area contributed by atoms with Gasteiger partial charge in [0, 0.05) is 10.6 Å². The fourth-order valence-electron chi connectivity index (χ4n) is 1.86. The molecule has 0 fully saturated rings. The summed E-state index contributed by atoms with van der Waals surface area (Å²) < 4.78 is 0. The number of H-pyrrole nitrogens is 1. The maximum absolute atomic E-state index is 12.0. The molecule has 2 heterocycles. The number of aromatic nitrogens is 3. The molecule has 0 aliphatic rings. The summed E-state index contributed by atoms with van der Waals surface area (Å²) in [7, 11) is 0. The van der Waals surface area contributed by atoms with Crippen molar-refractivity contribution in [3.8, 4) is 10.7 Å². The molecule has 1 amide bonds. The first-order chi connectivity index (χ1) is 11.2. The lowest BCUT2D eigenvalue weighted by molar-refractivity contribution is -0.113. The molecule has 3 rings (SSSR count). The van der Waals surface area contributed by atoms with Crippen molar-refractivity contribution in [1.82, 2.24) is 15.2 Å². The summed E-state index contributed by atoms with van der Waals surface area (Å²) in [6, 6.07) is 11.7. The molecule has 0 saturated heterocycles. The zero-order valence-electron chi connectivity index (χ0n) is 12.3. The van der Waals surface area contributed by atoms with Crippen LogP contribution in [0.5, 0.6) is 0 Å². The number of thiophene rings is 1. The predicted octanol–water partition coefficient (Wildman–Crippen LogP) is 3.99. The van der Waals surface area contributed by atoms with Gasteiger partial charge < -0.3 is 5.32 Å². The van der Waals surface area contributed by atoms with E-state index in [1.54, 1.807) is 23.1 Å². The highest BCUT2D eigenvalue weighted by Gasteiger charge is 2.10. The monoisotopic (exact) mass is 362 g/mol. The largest absolute Gasteiger partial charge is 0.325 e. The van der Waals surface area contributed by atoms with Crippen LogP contribution in [0.1, 0.15) is 0 Å². The van der Waals surface area contributed by atoms with Gasteiger partial charge in [0.15, 0.2) is 5.82 Å². The summed E-state index contributed by atoms with van der Waals surface area (Å²) in [5.41, 5.74) is 0.803. The van der Waals surface area contributed by atoms with Gasteiger partial charge in [-0.2, -0.15) is 0 Å². The number of thioether (sulfide) groups is 2. The molecule has 118 valence electrons. The molecule has 0 radical (unpaired) electrons. The first kappa shape index (κ1) is 16.1. The zero-order chi connectivity index (χ0) is 16.1. The van der Waals surface area contributed by atoms with Gasteiger partial charge in [0.05, 0.1) is 10.6 Å². The minimum atomic E-state index is -0.0734. The Morgan fingerprint density at radius 3 is 3.04 bits per heavy atom. The average Bonchev–Trinajstić information content (AvgIpc) is 3.24. The van der Waals surface area contributed by atoms with Crippen LogP contribution in [0.4, 0.5) is 5.69 Å². The molecule has 0 aliphatic carbocycles. The van der Waals surface area contributed by atoms with Crippen molar-refractivity contribution in [2.45, 2.75) is 10.1 Å². The van der Waals surface area contributed by atoms with E-state index in [0.29, 0.717) is 5.16 Å². The summed E-state index contributed by atoms with van der Waals surface area (Å²) in [4.78, 5) is 18.5. The third-order valence-corrected chi connectivity index (χ3v) is 5.35.